The lowest BCUT2D eigenvalue weighted by molar-refractivity contribution is -0.828. The van der Waals surface area contributed by atoms with Gasteiger partial charge in [-0.3, -0.25) is 15.2 Å². The molecule has 0 atom stereocenters. The molecule has 1 fully saturated rings. The first-order valence-electron chi connectivity index (χ1n) is 8.58. The number of ether oxygens (including phenoxy) is 1. The van der Waals surface area contributed by atoms with Crippen LogP contribution in [0.3, 0.4) is 0 Å². The Morgan fingerprint density at radius 3 is 2.41 bits per heavy atom. The maximum Gasteiger partial charge on any atom is 0.311 e. The van der Waals surface area contributed by atoms with Gasteiger partial charge in [-0.05, 0) is 38.1 Å². The summed E-state index contributed by atoms with van der Waals surface area (Å²) in [7, 11) is -0.508. The number of methoxy groups -OCH3 is 1. The molecule has 0 saturated carbocycles. The van der Waals surface area contributed by atoms with Crippen LogP contribution in [0, 0.1) is 0 Å². The van der Waals surface area contributed by atoms with Crippen molar-refractivity contribution in [1.29, 1.82) is 0 Å². The Morgan fingerprint density at radius 1 is 1.26 bits per heavy atom. The number of sulfonamides is 1. The number of hydrogen-bond acceptors (Lipinski definition) is 6. The van der Waals surface area contributed by atoms with Crippen molar-refractivity contribution in [2.75, 3.05) is 32.6 Å². The standard InChI is InChI=1S/C17H23N5O4S/c1-17(2,27(24,25)22(3)10-5-11-22)15(23)19-16-18-14(20-21-16)12-6-8-13(26-4)9-7-12/h6-9H,5,10-11H2,1-4H3,(H-,18,19,20,21,23)/p+1. The molecular weight excluding hydrogens is 370 g/mol. The molecule has 1 aromatic carbocycles. The zero-order valence-electron chi connectivity index (χ0n) is 15.8. The predicted molar refractivity (Wildman–Crippen MR) is 101 cm³/mol. The second kappa shape index (κ2) is 6.61. The minimum atomic E-state index is -3.73. The summed E-state index contributed by atoms with van der Waals surface area (Å²) in [4.78, 5) is 16.9. The number of H-pyrrole nitrogens is 1. The summed E-state index contributed by atoms with van der Waals surface area (Å²) in [6.45, 7) is 3.86. The normalized spacial score (nSPS) is 16.4. The number of likely N-dealkylation sites (tertiary alicyclic amines) is 1. The van der Waals surface area contributed by atoms with E-state index < -0.39 is 20.7 Å². The number of nitrogens with one attached hydrogen (secondary N) is 2. The van der Waals surface area contributed by atoms with Crippen LogP contribution in [0.2, 0.25) is 0 Å². The number of aromatic amines is 1. The van der Waals surface area contributed by atoms with Gasteiger partial charge in [0.2, 0.25) is 5.95 Å². The summed E-state index contributed by atoms with van der Waals surface area (Å²) in [5.41, 5.74) is 0.759. The summed E-state index contributed by atoms with van der Waals surface area (Å²) in [5.74, 6) is 0.533. The van der Waals surface area contributed by atoms with Crippen molar-refractivity contribution in [3.05, 3.63) is 24.3 Å². The van der Waals surface area contributed by atoms with Crippen LogP contribution in [0.25, 0.3) is 11.4 Å². The van der Waals surface area contributed by atoms with Crippen LogP contribution in [0.4, 0.5) is 5.95 Å². The number of anilines is 1. The van der Waals surface area contributed by atoms with Crippen molar-refractivity contribution >= 4 is 21.9 Å². The molecule has 1 aliphatic rings. The fourth-order valence-corrected chi connectivity index (χ4v) is 5.09. The molecule has 9 nitrogen and oxygen atoms in total. The van der Waals surface area contributed by atoms with Crippen molar-refractivity contribution in [2.45, 2.75) is 25.0 Å². The summed E-state index contributed by atoms with van der Waals surface area (Å²) < 4.78 is 29.2. The van der Waals surface area contributed by atoms with Crippen molar-refractivity contribution in [1.82, 2.24) is 15.2 Å². The van der Waals surface area contributed by atoms with Gasteiger partial charge >= 0.3 is 10.0 Å². The number of carbonyl (C=O) groups excluding carboxylic acids is 1. The van der Waals surface area contributed by atoms with E-state index in [2.05, 4.69) is 20.5 Å². The van der Waals surface area contributed by atoms with E-state index in [-0.39, 0.29) is 9.84 Å². The second-order valence-corrected chi connectivity index (χ2v) is 10.1. The monoisotopic (exact) mass is 394 g/mol. The highest BCUT2D eigenvalue weighted by atomic mass is 32.2. The molecule has 3 rings (SSSR count). The summed E-state index contributed by atoms with van der Waals surface area (Å²) in [6.07, 6.45) is 0.833. The van der Waals surface area contributed by atoms with E-state index >= 15 is 0 Å². The SMILES string of the molecule is COc1ccc(-c2nc(NC(=O)C(C)(C)S(=O)(=O)[N+]3(C)CCC3)n[nH]2)cc1. The zero-order valence-corrected chi connectivity index (χ0v) is 16.6. The Labute approximate surface area is 158 Å². The van der Waals surface area contributed by atoms with E-state index in [4.69, 9.17) is 4.74 Å². The van der Waals surface area contributed by atoms with E-state index in [1.807, 2.05) is 0 Å². The fraction of sp³-hybridized carbons (Fsp3) is 0.471. The first kappa shape index (κ1) is 19.3. The molecular formula is C17H24N5O4S+. The molecule has 146 valence electrons. The van der Waals surface area contributed by atoms with Gasteiger partial charge in [-0.2, -0.15) is 13.4 Å². The highest BCUT2D eigenvalue weighted by molar-refractivity contribution is 7.88. The van der Waals surface area contributed by atoms with Crippen LogP contribution in [0.15, 0.2) is 24.3 Å². The highest BCUT2D eigenvalue weighted by Crippen LogP contribution is 2.32. The fourth-order valence-electron chi connectivity index (χ4n) is 2.96. The Balaban J connectivity index is 1.77. The lowest BCUT2D eigenvalue weighted by atomic mass is 10.2. The van der Waals surface area contributed by atoms with Crippen LogP contribution in [0.5, 0.6) is 5.75 Å². The maximum absolute atomic E-state index is 12.9. The van der Waals surface area contributed by atoms with Gasteiger partial charge in [-0.15, -0.1) is 5.10 Å². The van der Waals surface area contributed by atoms with Gasteiger partial charge in [-0.1, -0.05) is 0 Å². The van der Waals surface area contributed by atoms with Gasteiger partial charge in [0.15, 0.2) is 10.6 Å². The molecule has 27 heavy (non-hydrogen) atoms. The topological polar surface area (TPSA) is 114 Å². The number of hydrogen-bond donors (Lipinski definition) is 2. The molecule has 0 radical (unpaired) electrons. The molecule has 1 aromatic heterocycles. The third-order valence-corrected chi connectivity index (χ3v) is 8.11. The van der Waals surface area contributed by atoms with Crippen LogP contribution in [0.1, 0.15) is 20.3 Å². The Hall–Kier alpha value is -2.46. The van der Waals surface area contributed by atoms with Crippen LogP contribution >= 0.6 is 0 Å². The van der Waals surface area contributed by atoms with E-state index in [1.165, 1.54) is 13.8 Å². The van der Waals surface area contributed by atoms with E-state index in [1.54, 1.807) is 38.4 Å². The predicted octanol–water partition coefficient (Wildman–Crippen LogP) is 1.38. The van der Waals surface area contributed by atoms with Crippen LogP contribution in [-0.4, -0.2) is 65.4 Å². The molecule has 2 N–H and O–H groups in total. The molecule has 0 spiro atoms. The van der Waals surface area contributed by atoms with Crippen LogP contribution in [-0.2, 0) is 14.8 Å². The number of rotatable bonds is 6. The maximum atomic E-state index is 12.9. The van der Waals surface area contributed by atoms with E-state index in [9.17, 15) is 13.2 Å². The highest BCUT2D eigenvalue weighted by Gasteiger charge is 2.56. The molecule has 2 heterocycles. The van der Waals surface area contributed by atoms with Gasteiger partial charge in [0, 0.05) is 12.0 Å². The molecule has 0 aliphatic carbocycles. The van der Waals surface area contributed by atoms with Gasteiger partial charge < -0.3 is 4.74 Å². The number of benzene rings is 1. The van der Waals surface area contributed by atoms with Crippen molar-refractivity contribution in [3.8, 4) is 17.1 Å². The van der Waals surface area contributed by atoms with Crippen LogP contribution < -0.4 is 10.1 Å². The van der Waals surface area contributed by atoms with Crippen molar-refractivity contribution < 1.29 is 21.8 Å². The quantitative estimate of drug-likeness (QED) is 0.716. The third kappa shape index (κ3) is 3.19. The summed E-state index contributed by atoms with van der Waals surface area (Å²) >= 11 is 0. The van der Waals surface area contributed by atoms with E-state index in [0.29, 0.717) is 24.7 Å². The first-order valence-corrected chi connectivity index (χ1v) is 10.0. The third-order valence-electron chi connectivity index (χ3n) is 5.11. The molecule has 1 amide bonds. The first-order chi connectivity index (χ1) is 12.6. The van der Waals surface area contributed by atoms with Gasteiger partial charge in [0.25, 0.3) is 5.91 Å². The van der Waals surface area contributed by atoms with Gasteiger partial charge in [0.05, 0.1) is 27.2 Å². The average Bonchev–Trinajstić information content (AvgIpc) is 3.07. The number of nitrogens with zero attached hydrogens (tertiary/aromatic N) is 3. The van der Waals surface area contributed by atoms with Gasteiger partial charge in [0.1, 0.15) is 5.75 Å². The molecule has 0 unspecified atom stereocenters. The number of carbonyl (C=O) groups is 1. The lowest BCUT2D eigenvalue weighted by Crippen LogP contribution is -2.65. The number of amides is 1. The number of quaternary nitrogens is 1. The molecule has 0 bridgehead atoms. The minimum Gasteiger partial charge on any atom is -0.497 e. The zero-order chi connectivity index (χ0) is 19.9. The molecule has 1 aliphatic heterocycles. The Morgan fingerprint density at radius 2 is 1.89 bits per heavy atom. The summed E-state index contributed by atoms with van der Waals surface area (Å²) in [5, 5.41) is 9.22. The Kier molecular flexibility index (Phi) is 4.73. The van der Waals surface area contributed by atoms with E-state index in [0.717, 1.165) is 12.0 Å². The molecule has 1 saturated heterocycles. The number of aromatic nitrogens is 3. The largest absolute Gasteiger partial charge is 0.497 e. The lowest BCUT2D eigenvalue weighted by Gasteiger charge is -2.43. The molecule has 10 heteroatoms. The van der Waals surface area contributed by atoms with Crippen molar-refractivity contribution in [2.24, 2.45) is 0 Å². The second-order valence-electron chi connectivity index (χ2n) is 7.27. The average molecular weight is 394 g/mol. The van der Waals surface area contributed by atoms with Gasteiger partial charge in [-0.25, -0.2) is 3.89 Å². The molecule has 2 aromatic rings. The Bertz CT molecular complexity index is 946. The van der Waals surface area contributed by atoms with Crippen molar-refractivity contribution in [3.63, 3.8) is 0 Å². The smallest absolute Gasteiger partial charge is 0.311 e. The summed E-state index contributed by atoms with van der Waals surface area (Å²) in [6, 6.07) is 7.16. The minimum absolute atomic E-state index is 0.0281.